The number of carbonyl (C=O) groups excluding carboxylic acids is 1. The smallest absolute Gasteiger partial charge is 0.287 e. The van der Waals surface area contributed by atoms with E-state index in [2.05, 4.69) is 5.32 Å². The van der Waals surface area contributed by atoms with Crippen molar-refractivity contribution in [1.29, 1.82) is 5.26 Å². The second-order valence-electron chi connectivity index (χ2n) is 4.56. The highest BCUT2D eigenvalue weighted by molar-refractivity contribution is 6.43. The molecule has 1 aromatic heterocycles. The zero-order valence-electron chi connectivity index (χ0n) is 11.8. The Labute approximate surface area is 145 Å². The first kappa shape index (κ1) is 17.5. The molecule has 1 N–H and O–H groups in total. The summed E-state index contributed by atoms with van der Waals surface area (Å²) in [4.78, 5) is 34.1. The van der Waals surface area contributed by atoms with Gasteiger partial charge >= 0.3 is 0 Å². The molecular weight excluding hydrogens is 359 g/mol. The molecule has 2 rings (SSSR count). The first-order chi connectivity index (χ1) is 11.3. The van der Waals surface area contributed by atoms with E-state index in [1.807, 2.05) is 0 Å². The summed E-state index contributed by atoms with van der Waals surface area (Å²) < 4.78 is 0.782. The molecule has 2 aromatic rings. The van der Waals surface area contributed by atoms with Crippen LogP contribution in [0.15, 0.2) is 35.3 Å². The Kier molecular flexibility index (Phi) is 5.18. The number of nitro groups is 1. The van der Waals surface area contributed by atoms with Crippen LogP contribution >= 0.6 is 23.2 Å². The van der Waals surface area contributed by atoms with Gasteiger partial charge in [0.05, 0.1) is 26.9 Å². The Morgan fingerprint density at radius 1 is 1.42 bits per heavy atom. The molecule has 122 valence electrons. The molecule has 1 heterocycles. The molecule has 0 atom stereocenters. The van der Waals surface area contributed by atoms with Gasteiger partial charge in [0, 0.05) is 6.07 Å². The van der Waals surface area contributed by atoms with Crippen LogP contribution in [0.5, 0.6) is 0 Å². The lowest BCUT2D eigenvalue weighted by Gasteiger charge is -2.09. The highest BCUT2D eigenvalue weighted by Crippen LogP contribution is 2.29. The van der Waals surface area contributed by atoms with Crippen LogP contribution in [-0.2, 0) is 11.3 Å². The molecule has 0 fully saturated rings. The number of halogens is 2. The molecule has 1 aromatic carbocycles. The summed E-state index contributed by atoms with van der Waals surface area (Å²) in [6, 6.07) is 7.02. The molecule has 0 saturated carbocycles. The van der Waals surface area contributed by atoms with E-state index < -0.39 is 34.2 Å². The highest BCUT2D eigenvalue weighted by atomic mass is 35.5. The fourth-order valence-corrected chi connectivity index (χ4v) is 2.21. The van der Waals surface area contributed by atoms with Crippen molar-refractivity contribution in [3.05, 3.63) is 66.5 Å². The lowest BCUT2D eigenvalue weighted by Crippen LogP contribution is -2.29. The number of rotatable bonds is 4. The minimum Gasteiger partial charge on any atom is -0.323 e. The predicted molar refractivity (Wildman–Crippen MR) is 87.2 cm³/mol. The van der Waals surface area contributed by atoms with Crippen LogP contribution in [0.2, 0.25) is 10.0 Å². The third kappa shape index (κ3) is 3.71. The minimum absolute atomic E-state index is 0.122. The number of hydrogen-bond donors (Lipinski definition) is 1. The van der Waals surface area contributed by atoms with Crippen LogP contribution in [0, 0.1) is 21.4 Å². The first-order valence-corrected chi connectivity index (χ1v) is 7.12. The Balaban J connectivity index is 2.31. The second-order valence-corrected chi connectivity index (χ2v) is 5.35. The van der Waals surface area contributed by atoms with Gasteiger partial charge in [-0.15, -0.1) is 0 Å². The zero-order valence-corrected chi connectivity index (χ0v) is 13.3. The first-order valence-electron chi connectivity index (χ1n) is 6.36. The van der Waals surface area contributed by atoms with Gasteiger partial charge in [-0.1, -0.05) is 29.3 Å². The number of nitrogens with one attached hydrogen (secondary N) is 1. The fourth-order valence-electron chi connectivity index (χ4n) is 1.86. The van der Waals surface area contributed by atoms with Gasteiger partial charge in [-0.05, 0) is 12.1 Å². The second kappa shape index (κ2) is 7.12. The average Bonchev–Trinajstić information content (AvgIpc) is 2.53. The van der Waals surface area contributed by atoms with Crippen molar-refractivity contribution >= 4 is 40.5 Å². The molecule has 0 aliphatic carbocycles. The van der Waals surface area contributed by atoms with Crippen molar-refractivity contribution in [1.82, 2.24) is 4.57 Å². The number of nitrogens with zero attached hydrogens (tertiary/aromatic N) is 3. The van der Waals surface area contributed by atoms with E-state index in [0.29, 0.717) is 0 Å². The standard InChI is InChI=1S/C14H8Cl2N4O4/c15-10-2-1-3-11(13(10)16)18-12(21)7-19-6-9(20(23)24)4-8(5-17)14(19)22/h1-4,6H,7H2,(H,18,21). The maximum Gasteiger partial charge on any atom is 0.287 e. The summed E-state index contributed by atoms with van der Waals surface area (Å²) in [6.07, 6.45) is 0.891. The molecule has 0 aliphatic heterocycles. The number of anilines is 1. The lowest BCUT2D eigenvalue weighted by molar-refractivity contribution is -0.385. The third-order valence-electron chi connectivity index (χ3n) is 2.94. The average molecular weight is 367 g/mol. The fraction of sp³-hybridized carbons (Fsp3) is 0.0714. The van der Waals surface area contributed by atoms with E-state index in [1.54, 1.807) is 12.1 Å². The molecule has 0 spiro atoms. The summed E-state index contributed by atoms with van der Waals surface area (Å²) in [6.45, 7) is -0.530. The third-order valence-corrected chi connectivity index (χ3v) is 3.76. The number of carbonyl (C=O) groups is 1. The van der Waals surface area contributed by atoms with Crippen molar-refractivity contribution in [3.8, 4) is 6.07 Å². The van der Waals surface area contributed by atoms with Crippen molar-refractivity contribution in [3.63, 3.8) is 0 Å². The van der Waals surface area contributed by atoms with Gasteiger partial charge in [-0.25, -0.2) is 0 Å². The Hall–Kier alpha value is -2.89. The Morgan fingerprint density at radius 3 is 2.75 bits per heavy atom. The molecule has 0 aliphatic rings. The molecule has 24 heavy (non-hydrogen) atoms. The van der Waals surface area contributed by atoms with Crippen molar-refractivity contribution in [2.24, 2.45) is 0 Å². The van der Waals surface area contributed by atoms with Crippen LogP contribution < -0.4 is 10.9 Å². The SMILES string of the molecule is N#Cc1cc([N+](=O)[O-])cn(CC(=O)Nc2cccc(Cl)c2Cl)c1=O. The van der Waals surface area contributed by atoms with Crippen LogP contribution in [0.4, 0.5) is 11.4 Å². The van der Waals surface area contributed by atoms with Crippen LogP contribution in [-0.4, -0.2) is 15.4 Å². The number of benzene rings is 1. The van der Waals surface area contributed by atoms with Gasteiger partial charge in [0.2, 0.25) is 5.91 Å². The van der Waals surface area contributed by atoms with Gasteiger partial charge < -0.3 is 5.32 Å². The van der Waals surface area contributed by atoms with Gasteiger partial charge in [-0.2, -0.15) is 5.26 Å². The summed E-state index contributed by atoms with van der Waals surface area (Å²) >= 11 is 11.8. The number of hydrogen-bond acceptors (Lipinski definition) is 5. The maximum atomic E-state index is 12.1. The molecule has 0 saturated heterocycles. The highest BCUT2D eigenvalue weighted by Gasteiger charge is 2.16. The molecule has 0 unspecified atom stereocenters. The van der Waals surface area contributed by atoms with Crippen LogP contribution in [0.25, 0.3) is 0 Å². The summed E-state index contributed by atoms with van der Waals surface area (Å²) in [5, 5.41) is 22.5. The Bertz CT molecular complexity index is 933. The predicted octanol–water partition coefficient (Wildman–Crippen LogP) is 2.57. The maximum absolute atomic E-state index is 12.1. The minimum atomic E-state index is -0.810. The van der Waals surface area contributed by atoms with Gasteiger partial charge in [-0.3, -0.25) is 24.3 Å². The van der Waals surface area contributed by atoms with Crippen molar-refractivity contribution in [2.45, 2.75) is 6.54 Å². The monoisotopic (exact) mass is 366 g/mol. The molecular formula is C14H8Cl2N4O4. The van der Waals surface area contributed by atoms with Gasteiger partial charge in [0.25, 0.3) is 11.2 Å². The molecule has 0 bridgehead atoms. The molecule has 1 amide bonds. The topological polar surface area (TPSA) is 118 Å². The van der Waals surface area contributed by atoms with E-state index in [9.17, 15) is 19.7 Å². The van der Waals surface area contributed by atoms with E-state index in [1.165, 1.54) is 12.1 Å². The number of aromatic nitrogens is 1. The van der Waals surface area contributed by atoms with Crippen LogP contribution in [0.3, 0.4) is 0 Å². The summed E-state index contributed by atoms with van der Waals surface area (Å²) in [5.74, 6) is -0.661. The van der Waals surface area contributed by atoms with E-state index >= 15 is 0 Å². The summed E-state index contributed by atoms with van der Waals surface area (Å²) in [5.41, 5.74) is -1.49. The zero-order chi connectivity index (χ0) is 17.9. The van der Waals surface area contributed by atoms with Crippen LogP contribution in [0.1, 0.15) is 5.56 Å². The van der Waals surface area contributed by atoms with E-state index in [0.717, 1.165) is 16.8 Å². The number of pyridine rings is 1. The molecule has 10 heteroatoms. The lowest BCUT2D eigenvalue weighted by atomic mass is 10.2. The number of nitriles is 1. The largest absolute Gasteiger partial charge is 0.323 e. The number of amides is 1. The molecule has 8 nitrogen and oxygen atoms in total. The van der Waals surface area contributed by atoms with Gasteiger partial charge in [0.1, 0.15) is 18.2 Å². The van der Waals surface area contributed by atoms with E-state index in [4.69, 9.17) is 28.5 Å². The quantitative estimate of drug-likeness (QED) is 0.658. The van der Waals surface area contributed by atoms with E-state index in [-0.39, 0.29) is 15.7 Å². The van der Waals surface area contributed by atoms with Gasteiger partial charge in [0.15, 0.2) is 0 Å². The van der Waals surface area contributed by atoms with Crippen molar-refractivity contribution < 1.29 is 9.72 Å². The summed E-state index contributed by atoms with van der Waals surface area (Å²) in [7, 11) is 0. The molecule has 0 radical (unpaired) electrons. The van der Waals surface area contributed by atoms with Crippen molar-refractivity contribution in [2.75, 3.05) is 5.32 Å². The normalized spacial score (nSPS) is 10.0. The Morgan fingerprint density at radius 2 is 2.12 bits per heavy atom.